The van der Waals surface area contributed by atoms with Gasteiger partial charge in [0.2, 0.25) is 0 Å². The summed E-state index contributed by atoms with van der Waals surface area (Å²) in [6.07, 6.45) is 4.55. The van der Waals surface area contributed by atoms with Crippen molar-refractivity contribution in [2.45, 2.75) is 32.6 Å². The fraction of sp³-hybridized carbons (Fsp3) is 0.500. The van der Waals surface area contributed by atoms with Gasteiger partial charge in [-0.2, -0.15) is 0 Å². The van der Waals surface area contributed by atoms with Gasteiger partial charge in [-0.1, -0.05) is 12.8 Å². The molecule has 1 aliphatic rings. The summed E-state index contributed by atoms with van der Waals surface area (Å²) in [4.78, 5) is 11.8. The molecule has 0 heterocycles. The summed E-state index contributed by atoms with van der Waals surface area (Å²) in [5, 5.41) is 0. The zero-order valence-corrected chi connectivity index (χ0v) is 10.5. The number of aryl methyl sites for hydroxylation is 1. The van der Waals surface area contributed by atoms with Gasteiger partial charge >= 0.3 is 5.97 Å². The summed E-state index contributed by atoms with van der Waals surface area (Å²) >= 11 is 0. The lowest BCUT2D eigenvalue weighted by Crippen LogP contribution is -2.14. The Morgan fingerprint density at radius 3 is 2.78 bits per heavy atom. The Kier molecular flexibility index (Phi) is 3.84. The molecule has 0 unspecified atom stereocenters. The molecule has 1 aromatic carbocycles. The van der Waals surface area contributed by atoms with E-state index in [4.69, 9.17) is 10.5 Å². The number of rotatable bonds is 3. The summed E-state index contributed by atoms with van der Waals surface area (Å²) in [5.41, 5.74) is 6.29. The molecule has 0 aliphatic heterocycles. The zero-order valence-electron chi connectivity index (χ0n) is 10.5. The lowest BCUT2D eigenvalue weighted by molar-refractivity contribution is 0.0437. The molecule has 1 saturated carbocycles. The van der Waals surface area contributed by atoms with Gasteiger partial charge in [0.1, 0.15) is 5.82 Å². The Labute approximate surface area is 106 Å². The van der Waals surface area contributed by atoms with Crippen molar-refractivity contribution in [2.75, 3.05) is 12.3 Å². The van der Waals surface area contributed by atoms with Crippen LogP contribution in [0.4, 0.5) is 10.1 Å². The van der Waals surface area contributed by atoms with Crippen LogP contribution in [0.2, 0.25) is 0 Å². The molecule has 1 aromatic rings. The average Bonchev–Trinajstić information content (AvgIpc) is 2.83. The molecule has 0 saturated heterocycles. The van der Waals surface area contributed by atoms with Crippen LogP contribution in [0, 0.1) is 18.7 Å². The summed E-state index contributed by atoms with van der Waals surface area (Å²) in [6.45, 7) is 1.96. The number of carbonyl (C=O) groups is 1. The van der Waals surface area contributed by atoms with Gasteiger partial charge in [-0.3, -0.25) is 0 Å². The normalized spacial score (nSPS) is 15.9. The number of hydrogen-bond donors (Lipinski definition) is 1. The first kappa shape index (κ1) is 12.9. The van der Waals surface area contributed by atoms with Crippen molar-refractivity contribution >= 4 is 11.7 Å². The Balaban J connectivity index is 2.04. The highest BCUT2D eigenvalue weighted by atomic mass is 19.1. The zero-order chi connectivity index (χ0) is 13.1. The van der Waals surface area contributed by atoms with Crippen molar-refractivity contribution in [3.05, 3.63) is 29.1 Å². The highest BCUT2D eigenvalue weighted by Gasteiger charge is 2.20. The van der Waals surface area contributed by atoms with E-state index in [1.807, 2.05) is 0 Å². The minimum absolute atomic E-state index is 0.0644. The Bertz CT molecular complexity index is 453. The molecule has 1 fully saturated rings. The predicted molar refractivity (Wildman–Crippen MR) is 67.8 cm³/mol. The van der Waals surface area contributed by atoms with Crippen LogP contribution in [-0.2, 0) is 4.74 Å². The molecule has 0 radical (unpaired) electrons. The monoisotopic (exact) mass is 251 g/mol. The Morgan fingerprint density at radius 2 is 2.11 bits per heavy atom. The van der Waals surface area contributed by atoms with Crippen LogP contribution in [0.3, 0.4) is 0 Å². The fourth-order valence-electron chi connectivity index (χ4n) is 2.39. The Hall–Kier alpha value is -1.58. The van der Waals surface area contributed by atoms with Crippen LogP contribution < -0.4 is 5.73 Å². The molecule has 0 aromatic heterocycles. The van der Waals surface area contributed by atoms with Crippen molar-refractivity contribution in [3.8, 4) is 0 Å². The standard InChI is InChI=1S/C14H18FNO2/c1-9-6-11(16)7-12(13(9)15)14(17)18-8-10-4-2-3-5-10/h6-7,10H,2-5,8,16H2,1H3. The summed E-state index contributed by atoms with van der Waals surface area (Å²) in [6, 6.07) is 2.84. The summed E-state index contributed by atoms with van der Waals surface area (Å²) in [7, 11) is 0. The van der Waals surface area contributed by atoms with Gasteiger partial charge in [0.25, 0.3) is 0 Å². The van der Waals surface area contributed by atoms with E-state index < -0.39 is 11.8 Å². The molecule has 1 aliphatic carbocycles. The lowest BCUT2D eigenvalue weighted by Gasteiger charge is -2.11. The second-order valence-electron chi connectivity index (χ2n) is 4.95. The van der Waals surface area contributed by atoms with Crippen LogP contribution in [0.1, 0.15) is 41.6 Å². The molecule has 4 heteroatoms. The van der Waals surface area contributed by atoms with Crippen molar-refractivity contribution in [1.82, 2.24) is 0 Å². The van der Waals surface area contributed by atoms with E-state index >= 15 is 0 Å². The van der Waals surface area contributed by atoms with Crippen LogP contribution in [-0.4, -0.2) is 12.6 Å². The first-order valence-electron chi connectivity index (χ1n) is 6.30. The third-order valence-electron chi connectivity index (χ3n) is 3.42. The van der Waals surface area contributed by atoms with Gasteiger partial charge in [0.05, 0.1) is 12.2 Å². The molecule has 0 amide bonds. The maximum absolute atomic E-state index is 13.8. The van der Waals surface area contributed by atoms with Crippen LogP contribution in [0.5, 0.6) is 0 Å². The average molecular weight is 251 g/mol. The fourth-order valence-corrected chi connectivity index (χ4v) is 2.39. The number of ether oxygens (including phenoxy) is 1. The van der Waals surface area contributed by atoms with E-state index in [9.17, 15) is 9.18 Å². The number of hydrogen-bond acceptors (Lipinski definition) is 3. The van der Waals surface area contributed by atoms with Gasteiger partial charge in [-0.15, -0.1) is 0 Å². The largest absolute Gasteiger partial charge is 0.462 e. The minimum Gasteiger partial charge on any atom is -0.462 e. The van der Waals surface area contributed by atoms with E-state index in [2.05, 4.69) is 0 Å². The molecule has 0 atom stereocenters. The smallest absolute Gasteiger partial charge is 0.341 e. The van der Waals surface area contributed by atoms with E-state index in [1.54, 1.807) is 6.92 Å². The molecule has 0 spiro atoms. The van der Waals surface area contributed by atoms with Gasteiger partial charge in [-0.25, -0.2) is 9.18 Å². The topological polar surface area (TPSA) is 52.3 Å². The quantitative estimate of drug-likeness (QED) is 0.663. The number of halogens is 1. The maximum atomic E-state index is 13.8. The van der Waals surface area contributed by atoms with Crippen molar-refractivity contribution in [1.29, 1.82) is 0 Å². The second-order valence-corrected chi connectivity index (χ2v) is 4.95. The highest BCUT2D eigenvalue weighted by Crippen LogP contribution is 2.25. The number of carbonyl (C=O) groups excluding carboxylic acids is 1. The summed E-state index contributed by atoms with van der Waals surface area (Å²) in [5.74, 6) is -0.727. The minimum atomic E-state index is -0.616. The molecule has 18 heavy (non-hydrogen) atoms. The molecule has 0 bridgehead atoms. The number of esters is 1. The van der Waals surface area contributed by atoms with E-state index in [1.165, 1.54) is 25.0 Å². The van der Waals surface area contributed by atoms with E-state index in [-0.39, 0.29) is 5.56 Å². The predicted octanol–water partition coefficient (Wildman–Crippen LogP) is 3.06. The number of nitrogens with two attached hydrogens (primary N) is 1. The van der Waals surface area contributed by atoms with Crippen molar-refractivity contribution in [3.63, 3.8) is 0 Å². The van der Waals surface area contributed by atoms with Gasteiger partial charge < -0.3 is 10.5 Å². The third kappa shape index (κ3) is 2.81. The van der Waals surface area contributed by atoms with Crippen LogP contribution >= 0.6 is 0 Å². The van der Waals surface area contributed by atoms with Gasteiger partial charge in [0, 0.05) is 5.69 Å². The lowest BCUT2D eigenvalue weighted by atomic mass is 10.1. The van der Waals surface area contributed by atoms with Crippen molar-refractivity contribution < 1.29 is 13.9 Å². The molecular formula is C14H18FNO2. The first-order valence-corrected chi connectivity index (χ1v) is 6.30. The van der Waals surface area contributed by atoms with Crippen molar-refractivity contribution in [2.24, 2.45) is 5.92 Å². The first-order chi connectivity index (χ1) is 8.58. The maximum Gasteiger partial charge on any atom is 0.341 e. The van der Waals surface area contributed by atoms with E-state index in [0.717, 1.165) is 12.8 Å². The van der Waals surface area contributed by atoms with Crippen LogP contribution in [0.25, 0.3) is 0 Å². The Morgan fingerprint density at radius 1 is 1.44 bits per heavy atom. The SMILES string of the molecule is Cc1cc(N)cc(C(=O)OCC2CCCC2)c1F. The van der Waals surface area contributed by atoms with E-state index in [0.29, 0.717) is 23.8 Å². The third-order valence-corrected chi connectivity index (χ3v) is 3.42. The molecule has 98 valence electrons. The highest BCUT2D eigenvalue weighted by molar-refractivity contribution is 5.91. The van der Waals surface area contributed by atoms with Gasteiger partial charge in [0.15, 0.2) is 0 Å². The molecule has 3 nitrogen and oxygen atoms in total. The number of anilines is 1. The van der Waals surface area contributed by atoms with Crippen LogP contribution in [0.15, 0.2) is 12.1 Å². The number of benzene rings is 1. The summed E-state index contributed by atoms with van der Waals surface area (Å²) < 4.78 is 18.9. The second kappa shape index (κ2) is 5.38. The molecular weight excluding hydrogens is 233 g/mol. The number of nitrogen functional groups attached to an aromatic ring is 1. The molecule has 2 N–H and O–H groups in total. The van der Waals surface area contributed by atoms with Gasteiger partial charge in [-0.05, 0) is 43.4 Å². The molecule has 2 rings (SSSR count).